The van der Waals surface area contributed by atoms with Crippen LogP contribution in [-0.4, -0.2) is 37.2 Å². The van der Waals surface area contributed by atoms with Crippen LogP contribution in [0.2, 0.25) is 0 Å². The van der Waals surface area contributed by atoms with Crippen molar-refractivity contribution in [1.82, 2.24) is 10.3 Å². The van der Waals surface area contributed by atoms with E-state index in [2.05, 4.69) is 21.5 Å². The quantitative estimate of drug-likeness (QED) is 0.497. The highest BCUT2D eigenvalue weighted by atomic mass is 32.1. The van der Waals surface area contributed by atoms with E-state index in [1.165, 1.54) is 11.3 Å². The van der Waals surface area contributed by atoms with Gasteiger partial charge in [0.1, 0.15) is 10.7 Å². The number of thiazole rings is 1. The maximum atomic E-state index is 12.1. The molecule has 1 atom stereocenters. The molecule has 0 aromatic carbocycles. The van der Waals surface area contributed by atoms with E-state index in [1.54, 1.807) is 7.11 Å². The number of ether oxygens (including phenoxy) is 1. The Balaban J connectivity index is 2.66. The number of amides is 1. The molecule has 1 aromatic rings. The van der Waals surface area contributed by atoms with Crippen molar-refractivity contribution in [2.75, 3.05) is 31.3 Å². The van der Waals surface area contributed by atoms with Gasteiger partial charge in [-0.25, -0.2) is 4.98 Å². The lowest BCUT2D eigenvalue weighted by Gasteiger charge is -2.10. The lowest BCUT2D eigenvalue weighted by Crippen LogP contribution is -2.33. The van der Waals surface area contributed by atoms with Gasteiger partial charge in [-0.1, -0.05) is 30.6 Å². The van der Waals surface area contributed by atoms with Crippen LogP contribution in [0.5, 0.6) is 0 Å². The molecule has 1 amide bonds. The number of aromatic nitrogens is 1. The Hall–Kier alpha value is -1.78. The molecular weight excluding hydrogens is 276 g/mol. The Morgan fingerprint density at radius 1 is 1.65 bits per heavy atom. The summed E-state index contributed by atoms with van der Waals surface area (Å²) >= 11 is 1.21. The molecular formula is C13H20N4O2S. The average molecular weight is 296 g/mol. The summed E-state index contributed by atoms with van der Waals surface area (Å²) in [6.07, 6.45) is 7.01. The molecule has 0 saturated carbocycles. The first-order valence-corrected chi connectivity index (χ1v) is 7.20. The summed E-state index contributed by atoms with van der Waals surface area (Å²) in [7, 11) is 1.62. The van der Waals surface area contributed by atoms with Gasteiger partial charge in [0.2, 0.25) is 0 Å². The summed E-state index contributed by atoms with van der Waals surface area (Å²) in [5, 5.41) is 6.40. The molecule has 0 aliphatic rings. The van der Waals surface area contributed by atoms with Crippen molar-refractivity contribution < 1.29 is 9.53 Å². The molecule has 0 aliphatic carbocycles. The first kappa shape index (κ1) is 16.3. The number of hydrogen-bond acceptors (Lipinski definition) is 6. The number of hydrogen-bond donors (Lipinski definition) is 3. The van der Waals surface area contributed by atoms with Crippen molar-refractivity contribution in [2.45, 2.75) is 25.8 Å². The Morgan fingerprint density at radius 3 is 3.00 bits per heavy atom. The zero-order chi connectivity index (χ0) is 15.0. The number of nitrogen functional groups attached to an aromatic ring is 1. The number of anilines is 2. The molecule has 0 radical (unpaired) electrons. The molecule has 7 heteroatoms. The summed E-state index contributed by atoms with van der Waals surface area (Å²) in [5.74, 6) is 2.48. The summed E-state index contributed by atoms with van der Waals surface area (Å²) in [4.78, 5) is 16.6. The fourth-order valence-corrected chi connectivity index (χ4v) is 2.35. The van der Waals surface area contributed by atoms with Crippen LogP contribution in [0, 0.1) is 12.3 Å². The second kappa shape index (κ2) is 8.40. The lowest BCUT2D eigenvalue weighted by molar-refractivity contribution is 0.0949. The van der Waals surface area contributed by atoms with Gasteiger partial charge in [-0.15, -0.1) is 6.42 Å². The Bertz CT molecular complexity index is 481. The molecule has 6 nitrogen and oxygen atoms in total. The minimum atomic E-state index is -0.281. The van der Waals surface area contributed by atoms with Crippen LogP contribution in [0.3, 0.4) is 0 Å². The number of nitrogens with zero attached hydrogens (tertiary/aromatic N) is 1. The number of nitrogens with one attached hydrogen (secondary N) is 2. The number of nitrogens with two attached hydrogens (primary N) is 1. The molecule has 0 aliphatic heterocycles. The highest BCUT2D eigenvalue weighted by molar-refractivity contribution is 7.18. The van der Waals surface area contributed by atoms with Crippen molar-refractivity contribution in [3.63, 3.8) is 0 Å². The van der Waals surface area contributed by atoms with E-state index in [1.807, 2.05) is 6.92 Å². The van der Waals surface area contributed by atoms with Crippen LogP contribution in [0.4, 0.5) is 10.9 Å². The van der Waals surface area contributed by atoms with Crippen LogP contribution in [0.1, 0.15) is 29.4 Å². The van der Waals surface area contributed by atoms with Crippen molar-refractivity contribution in [3.8, 4) is 12.3 Å². The molecule has 20 heavy (non-hydrogen) atoms. The zero-order valence-electron chi connectivity index (χ0n) is 11.7. The van der Waals surface area contributed by atoms with Gasteiger partial charge in [0.25, 0.3) is 5.91 Å². The lowest BCUT2D eigenvalue weighted by atomic mass is 10.2. The number of methoxy groups -OCH3 is 1. The van der Waals surface area contributed by atoms with Gasteiger partial charge >= 0.3 is 0 Å². The van der Waals surface area contributed by atoms with Gasteiger partial charge in [0.05, 0.1) is 12.6 Å². The summed E-state index contributed by atoms with van der Waals surface area (Å²) in [6, 6.07) is -0.279. The smallest absolute Gasteiger partial charge is 0.266 e. The standard InChI is InChI=1S/C13H20N4O2S/c1-4-6-9(5-2)16-12(18)10-11(14)17-13(20-10)15-7-8-19-3/h2,9H,4,6-8,14H2,1,3H3,(H,15,17)(H,16,18). The molecule has 1 aromatic heterocycles. The van der Waals surface area contributed by atoms with Crippen molar-refractivity contribution in [3.05, 3.63) is 4.88 Å². The summed E-state index contributed by atoms with van der Waals surface area (Å²) in [6.45, 7) is 3.17. The highest BCUT2D eigenvalue weighted by Crippen LogP contribution is 2.24. The Kier molecular flexibility index (Phi) is 6.84. The first-order chi connectivity index (χ1) is 9.62. The molecule has 0 fully saturated rings. The van der Waals surface area contributed by atoms with Gasteiger partial charge in [-0.2, -0.15) is 0 Å². The van der Waals surface area contributed by atoms with Crippen LogP contribution in [0.25, 0.3) is 0 Å². The topological polar surface area (TPSA) is 89.3 Å². The van der Waals surface area contributed by atoms with E-state index in [4.69, 9.17) is 16.9 Å². The number of carbonyl (C=O) groups is 1. The second-order valence-electron chi connectivity index (χ2n) is 4.13. The third-order valence-corrected chi connectivity index (χ3v) is 3.55. The van der Waals surface area contributed by atoms with E-state index in [0.29, 0.717) is 23.2 Å². The van der Waals surface area contributed by atoms with Gasteiger partial charge < -0.3 is 21.1 Å². The molecule has 1 rings (SSSR count). The maximum Gasteiger partial charge on any atom is 0.266 e. The number of carbonyl (C=O) groups excluding carboxylic acids is 1. The van der Waals surface area contributed by atoms with Crippen molar-refractivity contribution in [1.29, 1.82) is 0 Å². The van der Waals surface area contributed by atoms with Crippen molar-refractivity contribution >= 4 is 28.2 Å². The minimum Gasteiger partial charge on any atom is -0.383 e. The summed E-state index contributed by atoms with van der Waals surface area (Å²) in [5.41, 5.74) is 5.75. The number of rotatable bonds is 8. The van der Waals surface area contributed by atoms with Crippen LogP contribution < -0.4 is 16.4 Å². The fraction of sp³-hybridized carbons (Fsp3) is 0.538. The first-order valence-electron chi connectivity index (χ1n) is 6.38. The molecule has 1 unspecified atom stereocenters. The second-order valence-corrected chi connectivity index (χ2v) is 5.13. The Morgan fingerprint density at radius 2 is 2.40 bits per heavy atom. The van der Waals surface area contributed by atoms with E-state index in [9.17, 15) is 4.79 Å². The summed E-state index contributed by atoms with van der Waals surface area (Å²) < 4.78 is 4.92. The third-order valence-electron chi connectivity index (χ3n) is 2.53. The third kappa shape index (κ3) is 4.72. The molecule has 110 valence electrons. The Labute approximate surface area is 123 Å². The monoisotopic (exact) mass is 296 g/mol. The zero-order valence-corrected chi connectivity index (χ0v) is 12.5. The van der Waals surface area contributed by atoms with E-state index in [0.717, 1.165) is 12.8 Å². The predicted octanol–water partition coefficient (Wildman–Crippen LogP) is 1.32. The van der Waals surface area contributed by atoms with Gasteiger partial charge in [0, 0.05) is 13.7 Å². The van der Waals surface area contributed by atoms with Gasteiger partial charge in [-0.05, 0) is 6.42 Å². The average Bonchev–Trinajstić information content (AvgIpc) is 2.79. The number of terminal acetylenes is 1. The predicted molar refractivity (Wildman–Crippen MR) is 81.9 cm³/mol. The van der Waals surface area contributed by atoms with Crippen LogP contribution in [-0.2, 0) is 4.74 Å². The highest BCUT2D eigenvalue weighted by Gasteiger charge is 2.18. The molecule has 4 N–H and O–H groups in total. The van der Waals surface area contributed by atoms with E-state index >= 15 is 0 Å². The van der Waals surface area contributed by atoms with E-state index < -0.39 is 0 Å². The molecule has 0 bridgehead atoms. The van der Waals surface area contributed by atoms with Crippen molar-refractivity contribution in [2.24, 2.45) is 0 Å². The van der Waals surface area contributed by atoms with Crippen LogP contribution >= 0.6 is 11.3 Å². The largest absolute Gasteiger partial charge is 0.383 e. The molecule has 0 saturated heterocycles. The van der Waals surface area contributed by atoms with Gasteiger partial charge in [-0.3, -0.25) is 4.79 Å². The minimum absolute atomic E-state index is 0.208. The SMILES string of the molecule is C#CC(CCC)NC(=O)c1sc(NCCOC)nc1N. The molecule has 0 spiro atoms. The fourth-order valence-electron chi connectivity index (χ4n) is 1.54. The van der Waals surface area contributed by atoms with Gasteiger partial charge in [0.15, 0.2) is 5.13 Å². The molecule has 1 heterocycles. The van der Waals surface area contributed by atoms with E-state index in [-0.39, 0.29) is 17.8 Å². The normalized spacial score (nSPS) is 11.7. The maximum absolute atomic E-state index is 12.1. The van der Waals surface area contributed by atoms with Crippen LogP contribution in [0.15, 0.2) is 0 Å².